The van der Waals surface area contributed by atoms with Gasteiger partial charge >= 0.3 is 0 Å². The second-order valence-electron chi connectivity index (χ2n) is 6.14. The molecule has 18 heavy (non-hydrogen) atoms. The Hall–Kier alpha value is -0.410. The molecule has 1 N–H and O–H groups in total. The van der Waals surface area contributed by atoms with Crippen molar-refractivity contribution >= 4 is 11.3 Å². The maximum Gasteiger partial charge on any atom is 0.0982 e. The fourth-order valence-corrected chi connectivity index (χ4v) is 3.07. The first-order valence-electron chi connectivity index (χ1n) is 7.06. The molecule has 0 aliphatic rings. The fraction of sp³-hybridized carbons (Fsp3) is 0.800. The normalized spacial score (nSPS) is 14.2. The van der Waals surface area contributed by atoms with E-state index in [4.69, 9.17) is 4.98 Å². The number of hydrogen-bond acceptors (Lipinski definition) is 3. The Kier molecular flexibility index (Phi) is 5.80. The maximum atomic E-state index is 4.72. The first kappa shape index (κ1) is 15.6. The standard InChI is InChI=1S/C15H28N2S/c1-7-12(8-2)11(3)16-9-13-10-18-14(17-13)15(4,5)6/h10-12,16H,7-9H2,1-6H3. The first-order valence-corrected chi connectivity index (χ1v) is 7.94. The van der Waals surface area contributed by atoms with Gasteiger partial charge in [0.1, 0.15) is 0 Å². The summed E-state index contributed by atoms with van der Waals surface area (Å²) in [7, 11) is 0. The third-order valence-electron chi connectivity index (χ3n) is 3.55. The van der Waals surface area contributed by atoms with Crippen LogP contribution in [-0.4, -0.2) is 11.0 Å². The van der Waals surface area contributed by atoms with Crippen LogP contribution in [0.3, 0.4) is 0 Å². The Morgan fingerprint density at radius 2 is 1.89 bits per heavy atom. The van der Waals surface area contributed by atoms with Gasteiger partial charge in [-0.3, -0.25) is 0 Å². The molecule has 0 aliphatic heterocycles. The molecular formula is C15H28N2S. The lowest BCUT2D eigenvalue weighted by Gasteiger charge is -2.22. The highest BCUT2D eigenvalue weighted by atomic mass is 32.1. The summed E-state index contributed by atoms with van der Waals surface area (Å²) in [4.78, 5) is 4.72. The van der Waals surface area contributed by atoms with Gasteiger partial charge in [-0.25, -0.2) is 4.98 Å². The molecule has 0 radical (unpaired) electrons. The molecule has 1 aromatic heterocycles. The van der Waals surface area contributed by atoms with Crippen LogP contribution in [0.1, 0.15) is 65.1 Å². The lowest BCUT2D eigenvalue weighted by atomic mass is 9.95. The highest BCUT2D eigenvalue weighted by Crippen LogP contribution is 2.25. The number of thiazole rings is 1. The third kappa shape index (κ3) is 4.36. The molecule has 1 atom stereocenters. The second-order valence-corrected chi connectivity index (χ2v) is 7.00. The smallest absolute Gasteiger partial charge is 0.0982 e. The zero-order valence-electron chi connectivity index (χ0n) is 12.7. The number of hydrogen-bond donors (Lipinski definition) is 1. The van der Waals surface area contributed by atoms with Crippen molar-refractivity contribution in [3.05, 3.63) is 16.1 Å². The predicted molar refractivity (Wildman–Crippen MR) is 81.2 cm³/mol. The van der Waals surface area contributed by atoms with Crippen molar-refractivity contribution in [2.24, 2.45) is 5.92 Å². The maximum absolute atomic E-state index is 4.72. The molecular weight excluding hydrogens is 240 g/mol. The van der Waals surface area contributed by atoms with Crippen molar-refractivity contribution in [3.8, 4) is 0 Å². The molecule has 1 unspecified atom stereocenters. The minimum absolute atomic E-state index is 0.171. The Bertz CT molecular complexity index is 348. The number of nitrogens with one attached hydrogen (secondary N) is 1. The van der Waals surface area contributed by atoms with Gasteiger partial charge in [-0.2, -0.15) is 0 Å². The summed E-state index contributed by atoms with van der Waals surface area (Å²) in [6.07, 6.45) is 2.49. The predicted octanol–water partition coefficient (Wildman–Crippen LogP) is 4.35. The average Bonchev–Trinajstić information content (AvgIpc) is 2.76. The van der Waals surface area contributed by atoms with Gasteiger partial charge in [-0.15, -0.1) is 11.3 Å². The van der Waals surface area contributed by atoms with E-state index in [0.29, 0.717) is 6.04 Å². The topological polar surface area (TPSA) is 24.9 Å². The van der Waals surface area contributed by atoms with Gasteiger partial charge in [-0.1, -0.05) is 47.5 Å². The molecule has 3 heteroatoms. The van der Waals surface area contributed by atoms with Crippen LogP contribution in [0.2, 0.25) is 0 Å². The Balaban J connectivity index is 2.51. The van der Waals surface area contributed by atoms with E-state index in [1.54, 1.807) is 11.3 Å². The molecule has 0 spiro atoms. The number of nitrogens with zero attached hydrogens (tertiary/aromatic N) is 1. The lowest BCUT2D eigenvalue weighted by Crippen LogP contribution is -2.32. The van der Waals surface area contributed by atoms with Crippen LogP contribution in [-0.2, 0) is 12.0 Å². The van der Waals surface area contributed by atoms with E-state index >= 15 is 0 Å². The van der Waals surface area contributed by atoms with E-state index in [2.05, 4.69) is 52.2 Å². The molecule has 104 valence electrons. The van der Waals surface area contributed by atoms with Crippen molar-refractivity contribution in [2.75, 3.05) is 0 Å². The van der Waals surface area contributed by atoms with Crippen molar-refractivity contribution in [3.63, 3.8) is 0 Å². The van der Waals surface area contributed by atoms with Gasteiger partial charge < -0.3 is 5.32 Å². The fourth-order valence-electron chi connectivity index (χ4n) is 2.16. The van der Waals surface area contributed by atoms with Crippen molar-refractivity contribution < 1.29 is 0 Å². The van der Waals surface area contributed by atoms with Gasteiger partial charge in [0.2, 0.25) is 0 Å². The Morgan fingerprint density at radius 1 is 1.28 bits per heavy atom. The molecule has 1 aromatic rings. The van der Waals surface area contributed by atoms with E-state index in [9.17, 15) is 0 Å². The van der Waals surface area contributed by atoms with Crippen molar-refractivity contribution in [1.82, 2.24) is 10.3 Å². The van der Waals surface area contributed by atoms with Crippen LogP contribution >= 0.6 is 11.3 Å². The zero-order valence-corrected chi connectivity index (χ0v) is 13.5. The minimum atomic E-state index is 0.171. The van der Waals surface area contributed by atoms with Crippen LogP contribution < -0.4 is 5.32 Å². The van der Waals surface area contributed by atoms with Gasteiger partial charge in [0.15, 0.2) is 0 Å². The minimum Gasteiger partial charge on any atom is -0.308 e. The molecule has 0 aliphatic carbocycles. The molecule has 1 heterocycles. The van der Waals surface area contributed by atoms with E-state index in [1.165, 1.54) is 23.5 Å². The molecule has 0 aromatic carbocycles. The molecule has 0 fully saturated rings. The van der Waals surface area contributed by atoms with Gasteiger partial charge in [0, 0.05) is 23.4 Å². The summed E-state index contributed by atoms with van der Waals surface area (Å²) >= 11 is 1.78. The summed E-state index contributed by atoms with van der Waals surface area (Å²) in [6.45, 7) is 14.4. The molecule has 0 bridgehead atoms. The second kappa shape index (κ2) is 6.67. The third-order valence-corrected chi connectivity index (χ3v) is 4.87. The van der Waals surface area contributed by atoms with Crippen molar-refractivity contribution in [2.45, 2.75) is 72.4 Å². The summed E-state index contributed by atoms with van der Waals surface area (Å²) < 4.78 is 0. The monoisotopic (exact) mass is 268 g/mol. The van der Waals surface area contributed by atoms with Crippen LogP contribution in [0.5, 0.6) is 0 Å². The van der Waals surface area contributed by atoms with Crippen LogP contribution in [0.25, 0.3) is 0 Å². The van der Waals surface area contributed by atoms with Gasteiger partial charge in [0.25, 0.3) is 0 Å². The Morgan fingerprint density at radius 3 is 2.33 bits per heavy atom. The molecule has 0 saturated heterocycles. The summed E-state index contributed by atoms with van der Waals surface area (Å²) in [5.74, 6) is 0.769. The van der Waals surface area contributed by atoms with E-state index in [1.807, 2.05) is 0 Å². The molecule has 0 saturated carbocycles. The zero-order chi connectivity index (χ0) is 13.8. The van der Waals surface area contributed by atoms with E-state index in [0.717, 1.165) is 12.5 Å². The lowest BCUT2D eigenvalue weighted by molar-refractivity contribution is 0.352. The van der Waals surface area contributed by atoms with E-state index in [-0.39, 0.29) is 5.41 Å². The summed E-state index contributed by atoms with van der Waals surface area (Å²) in [6, 6.07) is 0.569. The van der Waals surface area contributed by atoms with Crippen LogP contribution in [0.15, 0.2) is 5.38 Å². The van der Waals surface area contributed by atoms with Crippen LogP contribution in [0.4, 0.5) is 0 Å². The first-order chi connectivity index (χ1) is 8.38. The largest absolute Gasteiger partial charge is 0.308 e. The van der Waals surface area contributed by atoms with Gasteiger partial charge in [0.05, 0.1) is 10.7 Å². The molecule has 1 rings (SSSR count). The number of rotatable bonds is 6. The Labute approximate surface area is 116 Å². The van der Waals surface area contributed by atoms with Crippen molar-refractivity contribution in [1.29, 1.82) is 0 Å². The summed E-state index contributed by atoms with van der Waals surface area (Å²) in [5.41, 5.74) is 1.35. The molecule has 2 nitrogen and oxygen atoms in total. The van der Waals surface area contributed by atoms with Gasteiger partial charge in [-0.05, 0) is 12.8 Å². The van der Waals surface area contributed by atoms with Crippen LogP contribution in [0, 0.1) is 5.92 Å². The quantitative estimate of drug-likeness (QED) is 0.829. The highest BCUT2D eigenvalue weighted by Gasteiger charge is 2.18. The highest BCUT2D eigenvalue weighted by molar-refractivity contribution is 7.09. The summed E-state index contributed by atoms with van der Waals surface area (Å²) in [5, 5.41) is 7.03. The molecule has 0 amide bonds. The number of aromatic nitrogens is 1. The average molecular weight is 268 g/mol. The SMILES string of the molecule is CCC(CC)C(C)NCc1csc(C(C)(C)C)n1. The van der Waals surface area contributed by atoms with E-state index < -0.39 is 0 Å².